The van der Waals surface area contributed by atoms with Gasteiger partial charge < -0.3 is 5.32 Å². The summed E-state index contributed by atoms with van der Waals surface area (Å²) in [5.41, 5.74) is 0.703. The minimum atomic E-state index is -0.465. The molecule has 0 atom stereocenters. The van der Waals surface area contributed by atoms with Crippen molar-refractivity contribution in [3.05, 3.63) is 35.4 Å². The van der Waals surface area contributed by atoms with Crippen molar-refractivity contribution in [2.45, 2.75) is 63.8 Å². The third kappa shape index (κ3) is 3.78. The smallest absolute Gasteiger partial charge is 0.126 e. The number of benzene rings is 1. The summed E-state index contributed by atoms with van der Waals surface area (Å²) in [5, 5.41) is 3.48. The summed E-state index contributed by atoms with van der Waals surface area (Å²) in [6, 6.07) is 4.39. The molecular weight excluding hydrogens is 256 g/mol. The van der Waals surface area contributed by atoms with E-state index in [1.165, 1.54) is 25.0 Å². The summed E-state index contributed by atoms with van der Waals surface area (Å²) >= 11 is 0. The maximum Gasteiger partial charge on any atom is 0.126 e. The van der Waals surface area contributed by atoms with Crippen LogP contribution in [0.3, 0.4) is 0 Å². The van der Waals surface area contributed by atoms with E-state index >= 15 is 0 Å². The highest BCUT2D eigenvalue weighted by Crippen LogP contribution is 2.38. The minimum absolute atomic E-state index is 0.121. The molecule has 1 aromatic rings. The average Bonchev–Trinajstić information content (AvgIpc) is 2.61. The highest BCUT2D eigenvalue weighted by molar-refractivity contribution is 5.28. The van der Waals surface area contributed by atoms with Gasteiger partial charge >= 0.3 is 0 Å². The molecule has 20 heavy (non-hydrogen) atoms. The van der Waals surface area contributed by atoms with Gasteiger partial charge in [0.25, 0.3) is 0 Å². The molecule has 2 rings (SSSR count). The Hall–Kier alpha value is -0.960. The summed E-state index contributed by atoms with van der Waals surface area (Å²) < 4.78 is 27.2. The summed E-state index contributed by atoms with van der Waals surface area (Å²) in [6.45, 7) is 5.01. The zero-order valence-corrected chi connectivity index (χ0v) is 12.5. The van der Waals surface area contributed by atoms with E-state index in [-0.39, 0.29) is 5.41 Å². The Morgan fingerprint density at radius 3 is 2.05 bits per heavy atom. The van der Waals surface area contributed by atoms with Crippen molar-refractivity contribution in [2.24, 2.45) is 0 Å². The van der Waals surface area contributed by atoms with Crippen LogP contribution in [-0.4, -0.2) is 12.6 Å². The maximum absolute atomic E-state index is 13.6. The van der Waals surface area contributed by atoms with Crippen LogP contribution in [0.15, 0.2) is 18.2 Å². The summed E-state index contributed by atoms with van der Waals surface area (Å²) in [4.78, 5) is 0. The highest BCUT2D eigenvalue weighted by atomic mass is 19.1. The number of hydrogen-bond acceptors (Lipinski definition) is 1. The Balaban J connectivity index is 2.32. The highest BCUT2D eigenvalue weighted by Gasteiger charge is 2.33. The van der Waals surface area contributed by atoms with Crippen molar-refractivity contribution in [2.75, 3.05) is 6.54 Å². The molecule has 0 bridgehead atoms. The van der Waals surface area contributed by atoms with E-state index in [2.05, 4.69) is 19.2 Å². The number of hydrogen-bond donors (Lipinski definition) is 1. The lowest BCUT2D eigenvalue weighted by atomic mass is 9.74. The molecule has 1 aliphatic carbocycles. The van der Waals surface area contributed by atoms with E-state index in [9.17, 15) is 8.78 Å². The zero-order chi connectivity index (χ0) is 14.6. The Kier molecular flexibility index (Phi) is 5.14. The molecule has 0 aromatic heterocycles. The first-order chi connectivity index (χ1) is 9.52. The topological polar surface area (TPSA) is 12.0 Å². The molecule has 0 aliphatic heterocycles. The monoisotopic (exact) mass is 281 g/mol. The molecule has 112 valence electrons. The molecule has 0 radical (unpaired) electrons. The third-order valence-electron chi connectivity index (χ3n) is 4.38. The fraction of sp³-hybridized carbons (Fsp3) is 0.647. The Labute approximate surface area is 120 Å². The first-order valence-electron chi connectivity index (χ1n) is 7.72. The molecule has 0 amide bonds. The lowest BCUT2D eigenvalue weighted by Crippen LogP contribution is -2.40. The van der Waals surface area contributed by atoms with Crippen LogP contribution in [0.5, 0.6) is 0 Å². The van der Waals surface area contributed by atoms with Crippen molar-refractivity contribution in [3.8, 4) is 0 Å². The fourth-order valence-electron chi connectivity index (χ4n) is 3.23. The normalized spacial score (nSPS) is 19.1. The minimum Gasteiger partial charge on any atom is -0.314 e. The van der Waals surface area contributed by atoms with E-state index in [0.29, 0.717) is 6.04 Å². The lowest BCUT2D eigenvalue weighted by Gasteiger charge is -2.35. The Morgan fingerprint density at radius 2 is 1.55 bits per heavy atom. The van der Waals surface area contributed by atoms with Gasteiger partial charge in [-0.15, -0.1) is 0 Å². The summed E-state index contributed by atoms with van der Waals surface area (Å²) in [5.74, 6) is -0.929. The molecule has 3 heteroatoms. The third-order valence-corrected chi connectivity index (χ3v) is 4.38. The Bertz CT molecular complexity index is 414. The van der Waals surface area contributed by atoms with Crippen molar-refractivity contribution in [1.82, 2.24) is 5.32 Å². The number of rotatable bonds is 4. The molecule has 0 saturated heterocycles. The molecule has 1 aromatic carbocycles. The van der Waals surface area contributed by atoms with Crippen LogP contribution >= 0.6 is 0 Å². The standard InChI is InChI=1S/C17H25F2N/c1-13(2)20-12-17(7-5-3-4-6-8-17)14-9-15(18)11-16(19)10-14/h9-11,13,20H,3-8,12H2,1-2H3. The second-order valence-electron chi connectivity index (χ2n) is 6.39. The molecule has 1 saturated carbocycles. The van der Waals surface area contributed by atoms with Crippen molar-refractivity contribution in [1.29, 1.82) is 0 Å². The van der Waals surface area contributed by atoms with Crippen LogP contribution in [0, 0.1) is 11.6 Å². The van der Waals surface area contributed by atoms with E-state index in [1.807, 2.05) is 0 Å². The molecule has 0 unspecified atom stereocenters. The fourth-order valence-corrected chi connectivity index (χ4v) is 3.23. The van der Waals surface area contributed by atoms with Gasteiger partial charge in [-0.25, -0.2) is 8.78 Å². The molecule has 1 N–H and O–H groups in total. The quantitative estimate of drug-likeness (QED) is 0.798. The molecule has 0 heterocycles. The van der Waals surface area contributed by atoms with Gasteiger partial charge in [0.05, 0.1) is 0 Å². The van der Waals surface area contributed by atoms with Crippen LogP contribution in [-0.2, 0) is 5.41 Å². The predicted octanol–water partition coefficient (Wildman–Crippen LogP) is 4.55. The maximum atomic E-state index is 13.6. The molecule has 0 spiro atoms. The van der Waals surface area contributed by atoms with Crippen molar-refractivity contribution in [3.63, 3.8) is 0 Å². The van der Waals surface area contributed by atoms with Crippen LogP contribution in [0.25, 0.3) is 0 Å². The van der Waals surface area contributed by atoms with Gasteiger partial charge in [0.1, 0.15) is 11.6 Å². The molecule has 1 aliphatic rings. The Morgan fingerprint density at radius 1 is 1.00 bits per heavy atom. The van der Waals surface area contributed by atoms with Gasteiger partial charge in [0.15, 0.2) is 0 Å². The second kappa shape index (κ2) is 6.66. The zero-order valence-electron chi connectivity index (χ0n) is 12.5. The summed E-state index contributed by atoms with van der Waals surface area (Å²) in [6.07, 6.45) is 6.74. The van der Waals surface area contributed by atoms with Crippen LogP contribution < -0.4 is 5.32 Å². The SMILES string of the molecule is CC(C)NCC1(c2cc(F)cc(F)c2)CCCCCC1. The van der Waals surface area contributed by atoms with Crippen molar-refractivity contribution < 1.29 is 8.78 Å². The first-order valence-corrected chi connectivity index (χ1v) is 7.72. The van der Waals surface area contributed by atoms with E-state index in [1.54, 1.807) is 0 Å². The van der Waals surface area contributed by atoms with Gasteiger partial charge in [0, 0.05) is 24.1 Å². The van der Waals surface area contributed by atoms with E-state index in [4.69, 9.17) is 0 Å². The van der Waals surface area contributed by atoms with Crippen LogP contribution in [0.1, 0.15) is 57.9 Å². The number of halogens is 2. The number of nitrogens with one attached hydrogen (secondary N) is 1. The molecular formula is C17H25F2N. The molecule has 1 nitrogen and oxygen atoms in total. The van der Waals surface area contributed by atoms with E-state index < -0.39 is 11.6 Å². The summed E-state index contributed by atoms with van der Waals surface area (Å²) in [7, 11) is 0. The van der Waals surface area contributed by atoms with E-state index in [0.717, 1.165) is 43.9 Å². The van der Waals surface area contributed by atoms with Gasteiger partial charge in [-0.2, -0.15) is 0 Å². The predicted molar refractivity (Wildman–Crippen MR) is 78.9 cm³/mol. The largest absolute Gasteiger partial charge is 0.314 e. The average molecular weight is 281 g/mol. The van der Waals surface area contributed by atoms with Gasteiger partial charge in [0.2, 0.25) is 0 Å². The van der Waals surface area contributed by atoms with Gasteiger partial charge in [-0.1, -0.05) is 39.5 Å². The molecule has 1 fully saturated rings. The van der Waals surface area contributed by atoms with Crippen molar-refractivity contribution >= 4 is 0 Å². The first kappa shape index (κ1) is 15.4. The lowest BCUT2D eigenvalue weighted by molar-refractivity contribution is 0.333. The van der Waals surface area contributed by atoms with Crippen LogP contribution in [0.2, 0.25) is 0 Å². The van der Waals surface area contributed by atoms with Gasteiger partial charge in [-0.3, -0.25) is 0 Å². The second-order valence-corrected chi connectivity index (χ2v) is 6.39. The van der Waals surface area contributed by atoms with Crippen LogP contribution in [0.4, 0.5) is 8.78 Å². The van der Waals surface area contributed by atoms with Gasteiger partial charge in [-0.05, 0) is 30.5 Å².